The van der Waals surface area contributed by atoms with Crippen molar-refractivity contribution >= 4 is 16.9 Å². The van der Waals surface area contributed by atoms with Crippen molar-refractivity contribution in [3.63, 3.8) is 0 Å². The van der Waals surface area contributed by atoms with Crippen LogP contribution in [-0.2, 0) is 12.1 Å². The topological polar surface area (TPSA) is 91.2 Å². The predicted molar refractivity (Wildman–Crippen MR) is 119 cm³/mol. The Morgan fingerprint density at radius 3 is 2.50 bits per heavy atom. The molecular weight excluding hydrogens is 454 g/mol. The third-order valence-corrected chi connectivity index (χ3v) is 5.80. The van der Waals surface area contributed by atoms with Gasteiger partial charge in [0.25, 0.3) is 0 Å². The first-order chi connectivity index (χ1) is 16.0. The molecule has 1 atom stereocenters. The number of nitrogens with zero attached hydrogens (tertiary/aromatic N) is 1. The number of hydrogen-bond acceptors (Lipinski definition) is 5. The molecule has 3 N–H and O–H groups in total. The summed E-state index contributed by atoms with van der Waals surface area (Å²) in [5.74, 6) is -0.346. The molecular formula is C24H21F4N3O3. The van der Waals surface area contributed by atoms with Gasteiger partial charge in [0.05, 0.1) is 11.9 Å². The summed E-state index contributed by atoms with van der Waals surface area (Å²) in [5.41, 5.74) is -0.968. The van der Waals surface area contributed by atoms with E-state index in [0.29, 0.717) is 27.7 Å². The van der Waals surface area contributed by atoms with Gasteiger partial charge >= 0.3 is 11.8 Å². The fourth-order valence-electron chi connectivity index (χ4n) is 3.76. The quantitative estimate of drug-likeness (QED) is 0.257. The molecule has 10 heteroatoms. The second-order valence-corrected chi connectivity index (χ2v) is 7.97. The first-order valence-corrected chi connectivity index (χ1v) is 10.4. The Balaban J connectivity index is 1.63. The summed E-state index contributed by atoms with van der Waals surface area (Å²) in [4.78, 5) is 18.5. The average Bonchev–Trinajstić information content (AvgIpc) is 3.26. The minimum Gasteiger partial charge on any atom is -0.423 e. The van der Waals surface area contributed by atoms with Crippen molar-refractivity contribution in [2.45, 2.75) is 38.6 Å². The van der Waals surface area contributed by atoms with E-state index in [9.17, 15) is 27.5 Å². The van der Waals surface area contributed by atoms with Crippen molar-refractivity contribution < 1.29 is 27.1 Å². The Hall–Kier alpha value is -3.66. The van der Waals surface area contributed by atoms with Gasteiger partial charge in [-0.1, -0.05) is 19.1 Å². The van der Waals surface area contributed by atoms with E-state index in [-0.39, 0.29) is 12.5 Å². The molecule has 0 aliphatic heterocycles. The zero-order valence-electron chi connectivity index (χ0n) is 18.3. The largest absolute Gasteiger partial charge is 0.423 e. The summed E-state index contributed by atoms with van der Waals surface area (Å²) in [6.45, 7) is 3.23. The fourth-order valence-corrected chi connectivity index (χ4v) is 3.76. The first kappa shape index (κ1) is 23.5. The number of aromatic nitrogens is 2. The molecule has 2 heterocycles. The van der Waals surface area contributed by atoms with Crippen molar-refractivity contribution in [1.29, 1.82) is 0 Å². The van der Waals surface area contributed by atoms with E-state index in [4.69, 9.17) is 4.42 Å². The number of aromatic amines is 1. The molecule has 1 unspecified atom stereocenters. The van der Waals surface area contributed by atoms with Gasteiger partial charge in [-0.3, -0.25) is 0 Å². The van der Waals surface area contributed by atoms with E-state index >= 15 is 0 Å². The molecule has 0 saturated heterocycles. The number of imidazole rings is 1. The van der Waals surface area contributed by atoms with Crippen molar-refractivity contribution in [1.82, 2.24) is 9.97 Å². The maximum atomic E-state index is 13.3. The highest BCUT2D eigenvalue weighted by molar-refractivity contribution is 5.94. The van der Waals surface area contributed by atoms with Gasteiger partial charge in [0.1, 0.15) is 11.4 Å². The highest BCUT2D eigenvalue weighted by atomic mass is 19.4. The van der Waals surface area contributed by atoms with Crippen LogP contribution in [0.5, 0.6) is 0 Å². The lowest BCUT2D eigenvalue weighted by molar-refractivity contribution is -0.269. The Kier molecular flexibility index (Phi) is 5.94. The Labute approximate surface area is 191 Å². The molecule has 0 fully saturated rings. The average molecular weight is 475 g/mol. The molecule has 2 aromatic heterocycles. The van der Waals surface area contributed by atoms with Crippen molar-refractivity contribution in [2.75, 3.05) is 5.32 Å². The summed E-state index contributed by atoms with van der Waals surface area (Å²) < 4.78 is 58.5. The molecule has 0 aliphatic carbocycles. The highest BCUT2D eigenvalue weighted by Gasteiger charge is 2.54. The number of hydrogen-bond donors (Lipinski definition) is 3. The summed E-state index contributed by atoms with van der Waals surface area (Å²) >= 11 is 0. The van der Waals surface area contributed by atoms with Gasteiger partial charge in [-0.05, 0) is 59.9 Å². The van der Waals surface area contributed by atoms with Crippen LogP contribution in [0.2, 0.25) is 0 Å². The lowest BCUT2D eigenvalue weighted by atomic mass is 9.96. The normalized spacial score (nSPS) is 13.7. The number of benzene rings is 2. The Morgan fingerprint density at radius 1 is 1.15 bits per heavy atom. The molecule has 0 radical (unpaired) electrons. The predicted octanol–water partition coefficient (Wildman–Crippen LogP) is 5.40. The fraction of sp³-hybridized carbons (Fsp3) is 0.250. The van der Waals surface area contributed by atoms with Crippen molar-refractivity contribution in [3.05, 3.63) is 81.7 Å². The summed E-state index contributed by atoms with van der Waals surface area (Å²) in [5, 5.41) is 13.6. The summed E-state index contributed by atoms with van der Waals surface area (Å²) in [6, 6.07) is 10.6. The van der Waals surface area contributed by atoms with Crippen molar-refractivity contribution in [2.24, 2.45) is 0 Å². The number of fused-ring (bicyclic) bond motifs is 1. The maximum absolute atomic E-state index is 13.3. The van der Waals surface area contributed by atoms with Gasteiger partial charge in [0, 0.05) is 18.0 Å². The number of anilines is 1. The van der Waals surface area contributed by atoms with Crippen LogP contribution >= 0.6 is 0 Å². The molecule has 0 bridgehead atoms. The minimum absolute atomic E-state index is 0.0483. The van der Waals surface area contributed by atoms with E-state index in [0.717, 1.165) is 11.8 Å². The summed E-state index contributed by atoms with van der Waals surface area (Å²) in [7, 11) is 0. The number of alkyl halides is 3. The number of rotatable bonds is 6. The van der Waals surface area contributed by atoms with Crippen LogP contribution < -0.4 is 10.9 Å². The van der Waals surface area contributed by atoms with Crippen LogP contribution in [0.3, 0.4) is 0 Å². The van der Waals surface area contributed by atoms with Crippen LogP contribution in [0.4, 0.5) is 23.5 Å². The molecule has 4 aromatic rings. The molecule has 178 valence electrons. The van der Waals surface area contributed by atoms with Gasteiger partial charge < -0.3 is 19.8 Å². The van der Waals surface area contributed by atoms with Crippen LogP contribution in [0.25, 0.3) is 22.1 Å². The van der Waals surface area contributed by atoms with E-state index in [1.807, 2.05) is 13.0 Å². The van der Waals surface area contributed by atoms with E-state index in [1.165, 1.54) is 25.1 Å². The second-order valence-electron chi connectivity index (χ2n) is 7.97. The van der Waals surface area contributed by atoms with Gasteiger partial charge in [-0.15, -0.1) is 0 Å². The maximum Gasteiger partial charge on any atom is 0.422 e. The molecule has 0 spiro atoms. The number of H-pyrrole nitrogens is 1. The van der Waals surface area contributed by atoms with Gasteiger partial charge in [0.2, 0.25) is 11.5 Å². The first-order valence-electron chi connectivity index (χ1n) is 10.4. The lowest BCUT2D eigenvalue weighted by Gasteiger charge is -2.27. The van der Waals surface area contributed by atoms with Crippen LogP contribution in [0, 0.1) is 12.7 Å². The zero-order chi connectivity index (χ0) is 24.7. The number of aryl methyl sites for hydroxylation is 1. The lowest BCUT2D eigenvalue weighted by Crippen LogP contribution is -2.42. The van der Waals surface area contributed by atoms with Crippen LogP contribution in [0.15, 0.2) is 57.9 Å². The third-order valence-electron chi connectivity index (χ3n) is 5.80. The molecule has 4 rings (SSSR count). The molecule has 0 aliphatic rings. The third kappa shape index (κ3) is 4.28. The van der Waals surface area contributed by atoms with Gasteiger partial charge in [-0.2, -0.15) is 13.2 Å². The highest BCUT2D eigenvalue weighted by Crippen LogP contribution is 2.41. The van der Waals surface area contributed by atoms with Crippen LogP contribution in [0.1, 0.15) is 30.2 Å². The molecule has 6 nitrogen and oxygen atoms in total. The SMILES string of the molecule is CCC(O)(c1cnc(NCc2cc3oc(=O)cc(-c4ccc(F)cc4)c3cc2C)[nH]1)C(F)(F)F. The van der Waals surface area contributed by atoms with E-state index < -0.39 is 35.3 Å². The summed E-state index contributed by atoms with van der Waals surface area (Å²) in [6.07, 6.45) is -4.49. The monoisotopic (exact) mass is 475 g/mol. The number of nitrogens with one attached hydrogen (secondary N) is 2. The number of halogens is 4. The van der Waals surface area contributed by atoms with Crippen molar-refractivity contribution in [3.8, 4) is 11.1 Å². The minimum atomic E-state index is -4.86. The Morgan fingerprint density at radius 2 is 1.85 bits per heavy atom. The Bertz CT molecular complexity index is 1390. The van der Waals surface area contributed by atoms with E-state index in [2.05, 4.69) is 15.3 Å². The van der Waals surface area contributed by atoms with Gasteiger partial charge in [0.15, 0.2) is 0 Å². The number of aliphatic hydroxyl groups is 1. The standard InChI is InChI=1S/C24H21F4N3O3/c1-3-23(33,24(26,27)28)20-12-30-22(31-20)29-11-15-9-19-18(8-13(15)2)17(10-21(32)34-19)14-4-6-16(25)7-5-14/h4-10,12,33H,3,11H2,1-2H3,(H2,29,30,31). The molecule has 0 amide bonds. The molecule has 0 saturated carbocycles. The second kappa shape index (κ2) is 8.60. The molecule has 2 aromatic carbocycles. The van der Waals surface area contributed by atoms with Gasteiger partial charge in [-0.25, -0.2) is 14.2 Å². The van der Waals surface area contributed by atoms with E-state index in [1.54, 1.807) is 18.2 Å². The van der Waals surface area contributed by atoms with Crippen LogP contribution in [-0.4, -0.2) is 21.3 Å². The molecule has 34 heavy (non-hydrogen) atoms. The zero-order valence-corrected chi connectivity index (χ0v) is 18.3. The smallest absolute Gasteiger partial charge is 0.422 e.